The van der Waals surface area contributed by atoms with Crippen LogP contribution < -0.4 is 0 Å². The lowest BCUT2D eigenvalue weighted by molar-refractivity contribution is 0.606. The fraction of sp³-hybridized carbons (Fsp3) is 0.200. The van der Waals surface area contributed by atoms with Crippen LogP contribution in [-0.4, -0.2) is 9.97 Å². The molecule has 0 aliphatic heterocycles. The number of hydrogen-bond donors (Lipinski definition) is 1. The number of nitrogens with zero attached hydrogens (tertiary/aromatic N) is 2. The van der Waals surface area contributed by atoms with Gasteiger partial charge in [-0.25, -0.2) is 4.39 Å². The molecule has 2 heterocycles. The van der Waals surface area contributed by atoms with E-state index in [9.17, 15) is 9.65 Å². The Morgan fingerprint density at radius 3 is 2.71 bits per heavy atom. The summed E-state index contributed by atoms with van der Waals surface area (Å²) >= 11 is 0. The summed E-state index contributed by atoms with van der Waals surface area (Å²) in [5.41, 5.74) is 5.24. The Hall–Kier alpha value is -2.93. The van der Waals surface area contributed by atoms with Crippen LogP contribution in [0.3, 0.4) is 0 Å². The molecule has 0 aliphatic rings. The highest BCUT2D eigenvalue weighted by Gasteiger charge is 2.22. The Labute approximate surface area is 140 Å². The van der Waals surface area contributed by atoms with Crippen LogP contribution in [0.25, 0.3) is 17.0 Å². The van der Waals surface area contributed by atoms with Crippen molar-refractivity contribution in [3.05, 3.63) is 70.4 Å². The average Bonchev–Trinajstić information content (AvgIpc) is 2.89. The number of rotatable bonds is 3. The molecule has 1 unspecified atom stereocenters. The highest BCUT2D eigenvalue weighted by atomic mass is 19.1. The quantitative estimate of drug-likeness (QED) is 0.739. The summed E-state index contributed by atoms with van der Waals surface area (Å²) in [6.07, 6.45) is 3.43. The van der Waals surface area contributed by atoms with Gasteiger partial charge in [0.1, 0.15) is 11.9 Å². The van der Waals surface area contributed by atoms with Gasteiger partial charge in [0, 0.05) is 28.8 Å². The highest BCUT2D eigenvalue weighted by Crippen LogP contribution is 2.36. The summed E-state index contributed by atoms with van der Waals surface area (Å²) in [6.45, 7) is 9.53. The number of H-pyrrole nitrogens is 1. The van der Waals surface area contributed by atoms with E-state index in [1.807, 2.05) is 32.9 Å². The Balaban J connectivity index is 2.26. The molecular weight excluding hydrogens is 301 g/mol. The Morgan fingerprint density at radius 2 is 2.12 bits per heavy atom. The van der Waals surface area contributed by atoms with E-state index in [2.05, 4.69) is 22.6 Å². The third-order valence-corrected chi connectivity index (χ3v) is 4.64. The van der Waals surface area contributed by atoms with E-state index in [1.54, 1.807) is 12.3 Å². The number of aromatic amines is 1. The van der Waals surface area contributed by atoms with E-state index in [1.165, 1.54) is 6.07 Å². The Bertz CT molecular complexity index is 975. The normalized spacial score (nSPS) is 12.1. The molecule has 0 bridgehead atoms. The molecule has 0 aliphatic carbocycles. The van der Waals surface area contributed by atoms with Gasteiger partial charge in [-0.05, 0) is 43.2 Å². The first-order valence-corrected chi connectivity index (χ1v) is 7.77. The first-order chi connectivity index (χ1) is 11.5. The lowest BCUT2D eigenvalue weighted by Gasteiger charge is -2.16. The molecule has 1 atom stereocenters. The highest BCUT2D eigenvalue weighted by molar-refractivity contribution is 5.92. The van der Waals surface area contributed by atoms with E-state index in [0.717, 1.165) is 27.9 Å². The number of nitriles is 1. The average molecular weight is 319 g/mol. The van der Waals surface area contributed by atoms with Crippen LogP contribution in [0.1, 0.15) is 46.5 Å². The lowest BCUT2D eigenvalue weighted by Crippen LogP contribution is -2.03. The van der Waals surface area contributed by atoms with Crippen LogP contribution in [-0.2, 0) is 0 Å². The summed E-state index contributed by atoms with van der Waals surface area (Å²) < 4.78 is 14.8. The summed E-state index contributed by atoms with van der Waals surface area (Å²) in [5.74, 6) is -0.540. The zero-order chi connectivity index (χ0) is 17.4. The minimum Gasteiger partial charge on any atom is -0.357 e. The molecule has 4 heteroatoms. The first kappa shape index (κ1) is 15.9. The molecule has 0 spiro atoms. The molecule has 0 amide bonds. The van der Waals surface area contributed by atoms with E-state index >= 15 is 0 Å². The zero-order valence-electron chi connectivity index (χ0n) is 13.9. The van der Waals surface area contributed by atoms with Crippen LogP contribution in [0.15, 0.2) is 31.0 Å². The van der Waals surface area contributed by atoms with Crippen LogP contribution in [0, 0.1) is 31.0 Å². The van der Waals surface area contributed by atoms with Crippen molar-refractivity contribution in [3.63, 3.8) is 0 Å². The molecule has 1 aromatic carbocycles. The second kappa shape index (κ2) is 5.93. The Morgan fingerprint density at radius 1 is 1.38 bits per heavy atom. The van der Waals surface area contributed by atoms with E-state index < -0.39 is 0 Å². The van der Waals surface area contributed by atoms with Gasteiger partial charge in [0.2, 0.25) is 0 Å². The van der Waals surface area contributed by atoms with Crippen molar-refractivity contribution in [3.8, 4) is 6.07 Å². The number of hydrogen-bond acceptors (Lipinski definition) is 2. The third kappa shape index (κ3) is 2.39. The lowest BCUT2D eigenvalue weighted by atomic mass is 9.88. The van der Waals surface area contributed by atoms with Gasteiger partial charge in [0.05, 0.1) is 16.8 Å². The molecular formula is C20H18FN3. The fourth-order valence-electron chi connectivity index (χ4n) is 3.13. The number of fused-ring (bicyclic) bond motifs is 1. The molecule has 3 aromatic rings. The predicted octanol–water partition coefficient (Wildman–Crippen LogP) is 4.99. The van der Waals surface area contributed by atoms with Crippen molar-refractivity contribution in [1.82, 2.24) is 9.97 Å². The molecule has 3 rings (SSSR count). The Kier molecular flexibility index (Phi) is 3.94. The van der Waals surface area contributed by atoms with Crippen LogP contribution in [0.2, 0.25) is 0 Å². The zero-order valence-corrected chi connectivity index (χ0v) is 13.9. The van der Waals surface area contributed by atoms with Gasteiger partial charge in [-0.3, -0.25) is 4.98 Å². The topological polar surface area (TPSA) is 52.5 Å². The number of pyridine rings is 1. The van der Waals surface area contributed by atoms with Gasteiger partial charge in [-0.1, -0.05) is 19.6 Å². The molecule has 24 heavy (non-hydrogen) atoms. The minimum absolute atomic E-state index is 0.180. The maximum absolute atomic E-state index is 14.8. The van der Waals surface area contributed by atoms with Crippen LogP contribution >= 0.6 is 0 Å². The minimum atomic E-state index is -0.360. The molecule has 2 aromatic heterocycles. The number of aryl methyl sites for hydroxylation is 2. The van der Waals surface area contributed by atoms with Gasteiger partial charge in [-0.2, -0.15) is 5.26 Å². The van der Waals surface area contributed by atoms with Gasteiger partial charge < -0.3 is 4.98 Å². The van der Waals surface area contributed by atoms with Crippen molar-refractivity contribution in [2.45, 2.75) is 26.7 Å². The smallest absolute Gasteiger partial charge is 0.129 e. The second-order valence-corrected chi connectivity index (χ2v) is 6.00. The fourth-order valence-corrected chi connectivity index (χ4v) is 3.13. The van der Waals surface area contributed by atoms with E-state index in [-0.39, 0.29) is 11.7 Å². The molecule has 0 saturated heterocycles. The second-order valence-electron chi connectivity index (χ2n) is 6.00. The molecule has 0 fully saturated rings. The summed E-state index contributed by atoms with van der Waals surface area (Å²) in [5, 5.41) is 10.1. The summed E-state index contributed by atoms with van der Waals surface area (Å²) in [7, 11) is 0. The number of benzene rings is 1. The number of halogens is 1. The van der Waals surface area contributed by atoms with Crippen molar-refractivity contribution >= 4 is 17.0 Å². The van der Waals surface area contributed by atoms with E-state index in [4.69, 9.17) is 0 Å². The maximum Gasteiger partial charge on any atom is 0.129 e. The molecule has 120 valence electrons. The van der Waals surface area contributed by atoms with Crippen LogP contribution in [0.5, 0.6) is 0 Å². The van der Waals surface area contributed by atoms with Crippen molar-refractivity contribution < 1.29 is 4.39 Å². The number of nitrogens with one attached hydrogen (secondary N) is 1. The van der Waals surface area contributed by atoms with Crippen molar-refractivity contribution in [1.29, 1.82) is 5.26 Å². The van der Waals surface area contributed by atoms with Crippen molar-refractivity contribution in [2.24, 2.45) is 0 Å². The standard InChI is InChI=1S/C20H18FN3/c1-5-16-7-6-14(10-23-16)12(3)18-17(21)8-15(9-22)20-19(18)11(2)13(4)24-20/h5-8,10,12,24H,1H2,2-4H3. The predicted molar refractivity (Wildman–Crippen MR) is 94.3 cm³/mol. The van der Waals surface area contributed by atoms with Crippen LogP contribution in [0.4, 0.5) is 4.39 Å². The third-order valence-electron chi connectivity index (χ3n) is 4.64. The SMILES string of the molecule is C=Cc1ccc(C(C)c2c(F)cc(C#N)c3[nH]c(C)c(C)c23)cn1. The van der Waals surface area contributed by atoms with Gasteiger partial charge >= 0.3 is 0 Å². The monoisotopic (exact) mass is 319 g/mol. The molecule has 1 N–H and O–H groups in total. The maximum atomic E-state index is 14.8. The van der Waals surface area contributed by atoms with Gasteiger partial charge in [-0.15, -0.1) is 0 Å². The van der Waals surface area contributed by atoms with Gasteiger partial charge in [0.25, 0.3) is 0 Å². The summed E-state index contributed by atoms with van der Waals surface area (Å²) in [6, 6.07) is 7.20. The first-order valence-electron chi connectivity index (χ1n) is 7.77. The molecule has 3 nitrogen and oxygen atoms in total. The van der Waals surface area contributed by atoms with Crippen molar-refractivity contribution in [2.75, 3.05) is 0 Å². The molecule has 0 saturated carbocycles. The molecule has 0 radical (unpaired) electrons. The summed E-state index contributed by atoms with van der Waals surface area (Å²) in [4.78, 5) is 7.53. The largest absolute Gasteiger partial charge is 0.357 e. The number of aromatic nitrogens is 2. The van der Waals surface area contributed by atoms with E-state index in [0.29, 0.717) is 16.6 Å². The van der Waals surface area contributed by atoms with Gasteiger partial charge in [0.15, 0.2) is 0 Å².